The van der Waals surface area contributed by atoms with Crippen molar-refractivity contribution in [3.05, 3.63) is 0 Å². The third-order valence-electron chi connectivity index (χ3n) is 4.23. The number of hydrogen-bond acceptors (Lipinski definition) is 3. The van der Waals surface area contributed by atoms with Gasteiger partial charge in [0.05, 0.1) is 10.5 Å². The topological polar surface area (TPSA) is 64.4 Å². The Labute approximate surface area is 114 Å². The Morgan fingerprint density at radius 2 is 1.89 bits per heavy atom. The van der Waals surface area contributed by atoms with Gasteiger partial charge in [0.1, 0.15) is 5.60 Å². The van der Waals surface area contributed by atoms with Gasteiger partial charge < -0.3 is 15.8 Å². The first-order chi connectivity index (χ1) is 8.49. The van der Waals surface area contributed by atoms with Gasteiger partial charge in [0, 0.05) is 6.61 Å². The number of nitrogens with two attached hydrogens (primary N) is 1. The van der Waals surface area contributed by atoms with E-state index in [1.54, 1.807) is 0 Å². The van der Waals surface area contributed by atoms with Gasteiger partial charge in [-0.15, -0.1) is 0 Å². The Morgan fingerprint density at radius 3 is 2.39 bits per heavy atom. The molecule has 18 heavy (non-hydrogen) atoms. The lowest BCUT2D eigenvalue weighted by Crippen LogP contribution is -2.61. The minimum atomic E-state index is -0.699. The van der Waals surface area contributed by atoms with Crippen LogP contribution in [0, 0.1) is 0 Å². The zero-order chi connectivity index (χ0) is 13.2. The molecule has 1 saturated carbocycles. The molecule has 5 heteroatoms. The summed E-state index contributed by atoms with van der Waals surface area (Å²) in [5.74, 6) is -0.0605. The third kappa shape index (κ3) is 2.52. The summed E-state index contributed by atoms with van der Waals surface area (Å²) in [5.41, 5.74) is 4.68. The number of rotatable bonds is 3. The normalized spacial score (nSPS) is 30.9. The Hall–Kier alpha value is -0.680. The van der Waals surface area contributed by atoms with Crippen molar-refractivity contribution in [3.63, 3.8) is 0 Å². The molecule has 1 saturated heterocycles. The molecule has 102 valence electrons. The van der Waals surface area contributed by atoms with Crippen LogP contribution in [0.2, 0.25) is 0 Å². The molecule has 0 aromatic heterocycles. The van der Waals surface area contributed by atoms with Crippen LogP contribution in [0.1, 0.15) is 51.9 Å². The van der Waals surface area contributed by atoms with Crippen LogP contribution in [0.25, 0.3) is 0 Å². The number of hydrogen-bond donors (Lipinski definition) is 2. The predicted octanol–water partition coefficient (Wildman–Crippen LogP) is 1.66. The lowest BCUT2D eigenvalue weighted by atomic mass is 9.81. The van der Waals surface area contributed by atoms with E-state index in [1.165, 1.54) is 6.42 Å². The molecule has 1 heterocycles. The van der Waals surface area contributed by atoms with Crippen LogP contribution in [0.15, 0.2) is 0 Å². The molecule has 2 rings (SSSR count). The molecule has 1 unspecified atom stereocenters. The molecule has 0 bridgehead atoms. The van der Waals surface area contributed by atoms with Crippen LogP contribution in [-0.2, 0) is 9.53 Å². The van der Waals surface area contributed by atoms with Crippen molar-refractivity contribution >= 4 is 23.1 Å². The molecule has 0 spiro atoms. The zero-order valence-corrected chi connectivity index (χ0v) is 11.8. The lowest BCUT2D eigenvalue weighted by molar-refractivity contribution is -0.141. The summed E-state index contributed by atoms with van der Waals surface area (Å²) >= 11 is 5.18. The number of ether oxygens (including phenoxy) is 1. The summed E-state index contributed by atoms with van der Waals surface area (Å²) < 4.78 is 5.57. The van der Waals surface area contributed by atoms with Crippen molar-refractivity contribution < 1.29 is 9.53 Å². The molecule has 1 amide bonds. The quantitative estimate of drug-likeness (QED) is 0.766. The minimum Gasteiger partial charge on any atom is -0.391 e. The van der Waals surface area contributed by atoms with Gasteiger partial charge in [-0.1, -0.05) is 31.5 Å². The minimum absolute atomic E-state index is 0.0605. The first kappa shape index (κ1) is 13.7. The number of carbonyl (C=O) groups excluding carboxylic acids is 1. The van der Waals surface area contributed by atoms with Gasteiger partial charge in [-0.25, -0.2) is 0 Å². The Morgan fingerprint density at radius 1 is 1.22 bits per heavy atom. The van der Waals surface area contributed by atoms with E-state index >= 15 is 0 Å². The maximum atomic E-state index is 12.4. The van der Waals surface area contributed by atoms with E-state index in [1.807, 2.05) is 6.92 Å². The summed E-state index contributed by atoms with van der Waals surface area (Å²) in [7, 11) is 0. The van der Waals surface area contributed by atoms with Gasteiger partial charge in [0.25, 0.3) is 5.91 Å². The molecular formula is C13H22N2O2S. The smallest absolute Gasteiger partial charge is 0.252 e. The first-order valence-electron chi connectivity index (χ1n) is 6.75. The van der Waals surface area contributed by atoms with Crippen LogP contribution in [0.4, 0.5) is 0 Å². The van der Waals surface area contributed by atoms with Gasteiger partial charge in [-0.05, 0) is 32.6 Å². The predicted molar refractivity (Wildman–Crippen MR) is 74.3 cm³/mol. The molecule has 1 aliphatic heterocycles. The SMILES string of the molecule is CC1(C(=O)NC2(C(N)=S)CCCCC2)CCCO1. The Kier molecular flexibility index (Phi) is 3.92. The fourth-order valence-corrected chi connectivity index (χ4v) is 3.15. The van der Waals surface area contributed by atoms with Gasteiger partial charge >= 0.3 is 0 Å². The molecular weight excluding hydrogens is 248 g/mol. The number of thiocarbonyl (C=S) groups is 1. The number of amides is 1. The first-order valence-corrected chi connectivity index (χ1v) is 7.16. The van der Waals surface area contributed by atoms with Gasteiger partial charge in [0.15, 0.2) is 0 Å². The highest BCUT2D eigenvalue weighted by Gasteiger charge is 2.44. The second-order valence-electron chi connectivity index (χ2n) is 5.64. The number of carbonyl (C=O) groups is 1. The Balaban J connectivity index is 2.09. The summed E-state index contributed by atoms with van der Waals surface area (Å²) in [6.07, 6.45) is 6.73. The summed E-state index contributed by atoms with van der Waals surface area (Å²) in [6.45, 7) is 2.51. The average molecular weight is 270 g/mol. The second kappa shape index (κ2) is 5.13. The fourth-order valence-electron chi connectivity index (χ4n) is 2.90. The third-order valence-corrected chi connectivity index (χ3v) is 4.62. The molecule has 4 nitrogen and oxygen atoms in total. The van der Waals surface area contributed by atoms with Crippen LogP contribution >= 0.6 is 12.2 Å². The Bertz CT molecular complexity index is 345. The van der Waals surface area contributed by atoms with E-state index in [-0.39, 0.29) is 5.91 Å². The summed E-state index contributed by atoms with van der Waals surface area (Å²) in [6, 6.07) is 0. The monoisotopic (exact) mass is 270 g/mol. The molecule has 3 N–H and O–H groups in total. The van der Waals surface area contributed by atoms with Crippen molar-refractivity contribution in [2.75, 3.05) is 6.61 Å². The molecule has 2 aliphatic rings. The van der Waals surface area contributed by atoms with Crippen molar-refractivity contribution in [1.82, 2.24) is 5.32 Å². The largest absolute Gasteiger partial charge is 0.391 e. The molecule has 2 fully saturated rings. The van der Waals surface area contributed by atoms with Crippen molar-refractivity contribution in [3.8, 4) is 0 Å². The summed E-state index contributed by atoms with van der Waals surface area (Å²) in [5, 5.41) is 3.08. The van der Waals surface area contributed by atoms with E-state index < -0.39 is 11.1 Å². The van der Waals surface area contributed by atoms with E-state index in [2.05, 4.69) is 5.32 Å². The maximum absolute atomic E-state index is 12.4. The molecule has 0 aromatic carbocycles. The summed E-state index contributed by atoms with van der Waals surface area (Å²) in [4.78, 5) is 12.8. The van der Waals surface area contributed by atoms with Crippen LogP contribution in [-0.4, -0.2) is 28.6 Å². The van der Waals surface area contributed by atoms with Crippen LogP contribution in [0.5, 0.6) is 0 Å². The standard InChI is InChI=1S/C13H22N2O2S/c1-12(6-5-9-17-12)11(16)15-13(10(14)18)7-3-2-4-8-13/h2-9H2,1H3,(H2,14,18)(H,15,16). The van der Waals surface area contributed by atoms with Crippen LogP contribution in [0.3, 0.4) is 0 Å². The number of nitrogens with one attached hydrogen (secondary N) is 1. The van der Waals surface area contributed by atoms with E-state index in [0.29, 0.717) is 11.6 Å². The van der Waals surface area contributed by atoms with Gasteiger partial charge in [0.2, 0.25) is 0 Å². The van der Waals surface area contributed by atoms with Crippen molar-refractivity contribution in [1.29, 1.82) is 0 Å². The zero-order valence-electron chi connectivity index (χ0n) is 11.0. The lowest BCUT2D eigenvalue weighted by Gasteiger charge is -2.39. The van der Waals surface area contributed by atoms with Crippen molar-refractivity contribution in [2.45, 2.75) is 63.0 Å². The van der Waals surface area contributed by atoms with E-state index in [0.717, 1.165) is 38.5 Å². The van der Waals surface area contributed by atoms with E-state index in [4.69, 9.17) is 22.7 Å². The van der Waals surface area contributed by atoms with Gasteiger partial charge in [-0.3, -0.25) is 4.79 Å². The maximum Gasteiger partial charge on any atom is 0.252 e. The van der Waals surface area contributed by atoms with Crippen molar-refractivity contribution in [2.24, 2.45) is 5.73 Å². The highest BCUT2D eigenvalue weighted by atomic mass is 32.1. The van der Waals surface area contributed by atoms with Gasteiger partial charge in [-0.2, -0.15) is 0 Å². The molecule has 0 radical (unpaired) electrons. The molecule has 1 atom stereocenters. The fraction of sp³-hybridized carbons (Fsp3) is 0.846. The second-order valence-corrected chi connectivity index (χ2v) is 6.08. The molecule has 1 aliphatic carbocycles. The highest BCUT2D eigenvalue weighted by Crippen LogP contribution is 2.31. The van der Waals surface area contributed by atoms with E-state index in [9.17, 15) is 4.79 Å². The van der Waals surface area contributed by atoms with Crippen LogP contribution < -0.4 is 11.1 Å². The molecule has 0 aromatic rings. The highest BCUT2D eigenvalue weighted by molar-refractivity contribution is 7.80. The average Bonchev–Trinajstić information content (AvgIpc) is 2.78.